The molecule has 102 valence electrons. The van der Waals surface area contributed by atoms with Crippen molar-refractivity contribution in [2.24, 2.45) is 7.05 Å². The van der Waals surface area contributed by atoms with E-state index in [0.717, 1.165) is 37.5 Å². The molecule has 1 aliphatic rings. The Kier molecular flexibility index (Phi) is 3.24. The summed E-state index contributed by atoms with van der Waals surface area (Å²) >= 11 is 0. The first-order valence-corrected chi connectivity index (χ1v) is 6.87. The van der Waals surface area contributed by atoms with E-state index >= 15 is 0 Å². The molecule has 1 fully saturated rings. The lowest BCUT2D eigenvalue weighted by Crippen LogP contribution is -2.48. The molecule has 0 aromatic carbocycles. The van der Waals surface area contributed by atoms with Crippen LogP contribution in [0.4, 0.5) is 0 Å². The molecule has 0 aliphatic carbocycles. The van der Waals surface area contributed by atoms with E-state index in [0.29, 0.717) is 6.04 Å². The van der Waals surface area contributed by atoms with Crippen molar-refractivity contribution in [3.63, 3.8) is 0 Å². The van der Waals surface area contributed by atoms with Gasteiger partial charge in [0.05, 0.1) is 5.69 Å². The van der Waals surface area contributed by atoms with E-state index in [-0.39, 0.29) is 0 Å². The number of nitrogens with zero attached hydrogens (tertiary/aromatic N) is 4. The fourth-order valence-electron chi connectivity index (χ4n) is 2.85. The first kappa shape index (κ1) is 12.6. The highest BCUT2D eigenvalue weighted by Crippen LogP contribution is 2.17. The Hall–Kier alpha value is -1.46. The van der Waals surface area contributed by atoms with E-state index in [1.54, 1.807) is 0 Å². The maximum atomic E-state index is 4.54. The van der Waals surface area contributed by atoms with Crippen molar-refractivity contribution in [3.8, 4) is 0 Å². The van der Waals surface area contributed by atoms with Crippen LogP contribution in [0.3, 0.4) is 0 Å². The number of aromatic nitrogens is 3. The first-order chi connectivity index (χ1) is 9.13. The number of fused-ring (bicyclic) bond motifs is 1. The van der Waals surface area contributed by atoms with Crippen LogP contribution >= 0.6 is 0 Å². The van der Waals surface area contributed by atoms with Gasteiger partial charge in [0.15, 0.2) is 5.65 Å². The van der Waals surface area contributed by atoms with Crippen molar-refractivity contribution in [1.82, 2.24) is 25.0 Å². The van der Waals surface area contributed by atoms with Crippen LogP contribution in [0.25, 0.3) is 11.0 Å². The molecule has 1 aliphatic heterocycles. The number of aryl methyl sites for hydroxylation is 2. The summed E-state index contributed by atoms with van der Waals surface area (Å²) in [5.74, 6) is 0. The lowest BCUT2D eigenvalue weighted by atomic mass is 10.1. The topological polar surface area (TPSA) is 46.0 Å². The molecule has 0 saturated carbocycles. The van der Waals surface area contributed by atoms with Crippen molar-refractivity contribution < 1.29 is 0 Å². The van der Waals surface area contributed by atoms with E-state index in [1.165, 1.54) is 10.9 Å². The Labute approximate surface area is 113 Å². The molecule has 5 heteroatoms. The Morgan fingerprint density at radius 3 is 3.11 bits per heavy atom. The molecular formula is C14H21N5. The molecule has 0 radical (unpaired) electrons. The molecule has 1 saturated heterocycles. The average Bonchev–Trinajstić information content (AvgIpc) is 2.65. The van der Waals surface area contributed by atoms with Gasteiger partial charge in [-0.05, 0) is 25.5 Å². The number of pyridine rings is 1. The van der Waals surface area contributed by atoms with E-state index in [1.807, 2.05) is 24.9 Å². The molecule has 2 aromatic rings. The molecule has 0 unspecified atom stereocenters. The zero-order chi connectivity index (χ0) is 13.4. The monoisotopic (exact) mass is 259 g/mol. The Morgan fingerprint density at radius 1 is 1.47 bits per heavy atom. The quantitative estimate of drug-likeness (QED) is 0.876. The summed E-state index contributed by atoms with van der Waals surface area (Å²) in [4.78, 5) is 7.03. The number of hydrogen-bond acceptors (Lipinski definition) is 4. The highest BCUT2D eigenvalue weighted by molar-refractivity contribution is 5.78. The van der Waals surface area contributed by atoms with Crippen molar-refractivity contribution in [3.05, 3.63) is 23.5 Å². The van der Waals surface area contributed by atoms with Gasteiger partial charge in [-0.2, -0.15) is 5.10 Å². The molecule has 2 aromatic heterocycles. The molecule has 0 spiro atoms. The zero-order valence-corrected chi connectivity index (χ0v) is 11.8. The summed E-state index contributed by atoms with van der Waals surface area (Å²) in [6.45, 7) is 8.53. The molecule has 0 bridgehead atoms. The number of nitrogens with one attached hydrogen (secondary N) is 1. The third-order valence-electron chi connectivity index (χ3n) is 3.78. The van der Waals surface area contributed by atoms with Gasteiger partial charge < -0.3 is 5.32 Å². The van der Waals surface area contributed by atoms with E-state index in [4.69, 9.17) is 0 Å². The minimum absolute atomic E-state index is 0.575. The second-order valence-electron chi connectivity index (χ2n) is 5.51. The lowest BCUT2D eigenvalue weighted by Gasteiger charge is -2.31. The molecule has 1 N–H and O–H groups in total. The van der Waals surface area contributed by atoms with Gasteiger partial charge in [-0.25, -0.2) is 4.98 Å². The summed E-state index contributed by atoms with van der Waals surface area (Å²) in [5, 5.41) is 9.06. The van der Waals surface area contributed by atoms with Crippen LogP contribution in [0, 0.1) is 6.92 Å². The predicted octanol–water partition coefficient (Wildman–Crippen LogP) is 1.07. The molecular weight excluding hydrogens is 238 g/mol. The van der Waals surface area contributed by atoms with Crippen LogP contribution in [-0.2, 0) is 13.6 Å². The Morgan fingerprint density at radius 2 is 2.32 bits per heavy atom. The number of piperazine rings is 1. The lowest BCUT2D eigenvalue weighted by molar-refractivity contribution is 0.199. The van der Waals surface area contributed by atoms with Crippen LogP contribution < -0.4 is 5.32 Å². The maximum absolute atomic E-state index is 4.54. The minimum atomic E-state index is 0.575. The summed E-state index contributed by atoms with van der Waals surface area (Å²) in [6, 6.07) is 2.81. The summed E-state index contributed by atoms with van der Waals surface area (Å²) < 4.78 is 1.85. The Balaban J connectivity index is 1.83. The summed E-state index contributed by atoms with van der Waals surface area (Å²) in [7, 11) is 1.94. The minimum Gasteiger partial charge on any atom is -0.312 e. The highest BCUT2D eigenvalue weighted by Gasteiger charge is 2.16. The van der Waals surface area contributed by atoms with Gasteiger partial charge in [-0.15, -0.1) is 0 Å². The Bertz CT molecular complexity index is 589. The largest absolute Gasteiger partial charge is 0.312 e. The molecule has 19 heavy (non-hydrogen) atoms. The summed E-state index contributed by atoms with van der Waals surface area (Å²) in [6.07, 6.45) is 1.98. The summed E-state index contributed by atoms with van der Waals surface area (Å²) in [5.41, 5.74) is 3.30. The molecule has 0 amide bonds. The van der Waals surface area contributed by atoms with E-state index in [2.05, 4.69) is 33.3 Å². The van der Waals surface area contributed by atoms with Crippen LogP contribution in [0.5, 0.6) is 0 Å². The average molecular weight is 259 g/mol. The van der Waals surface area contributed by atoms with Crippen LogP contribution in [0.15, 0.2) is 12.3 Å². The second-order valence-corrected chi connectivity index (χ2v) is 5.51. The van der Waals surface area contributed by atoms with Gasteiger partial charge in [0.25, 0.3) is 0 Å². The zero-order valence-electron chi connectivity index (χ0n) is 11.8. The third kappa shape index (κ3) is 2.48. The predicted molar refractivity (Wildman–Crippen MR) is 76.0 cm³/mol. The molecule has 3 rings (SSSR count). The highest BCUT2D eigenvalue weighted by atomic mass is 15.3. The van der Waals surface area contributed by atoms with E-state index in [9.17, 15) is 0 Å². The second kappa shape index (κ2) is 4.90. The SMILES string of the molecule is Cc1nn(C)c2ncc(CN3CCN[C@H](C)C3)cc12. The number of rotatable bonds is 2. The van der Waals surface area contributed by atoms with Gasteiger partial charge in [-0.1, -0.05) is 0 Å². The molecule has 5 nitrogen and oxygen atoms in total. The molecule has 1 atom stereocenters. The standard InChI is InChI=1S/C14H21N5/c1-10-8-19(5-4-15-10)9-12-6-13-11(2)17-18(3)14(13)16-7-12/h6-7,10,15H,4-5,8-9H2,1-3H3/t10-/m1/s1. The first-order valence-electron chi connectivity index (χ1n) is 6.87. The fraction of sp³-hybridized carbons (Fsp3) is 0.571. The van der Waals surface area contributed by atoms with Gasteiger partial charge in [-0.3, -0.25) is 9.58 Å². The van der Waals surface area contributed by atoms with Crippen LogP contribution in [-0.4, -0.2) is 45.3 Å². The fourth-order valence-corrected chi connectivity index (χ4v) is 2.85. The van der Waals surface area contributed by atoms with Crippen molar-refractivity contribution >= 4 is 11.0 Å². The van der Waals surface area contributed by atoms with Crippen molar-refractivity contribution in [1.29, 1.82) is 0 Å². The van der Waals surface area contributed by atoms with Crippen LogP contribution in [0.1, 0.15) is 18.2 Å². The van der Waals surface area contributed by atoms with Crippen LogP contribution in [0.2, 0.25) is 0 Å². The van der Waals surface area contributed by atoms with Gasteiger partial charge in [0, 0.05) is 50.9 Å². The van der Waals surface area contributed by atoms with Crippen molar-refractivity contribution in [2.75, 3.05) is 19.6 Å². The van der Waals surface area contributed by atoms with Gasteiger partial charge in [0.2, 0.25) is 0 Å². The molecule has 3 heterocycles. The van der Waals surface area contributed by atoms with E-state index < -0.39 is 0 Å². The third-order valence-corrected chi connectivity index (χ3v) is 3.78. The normalized spacial score (nSPS) is 21.1. The maximum Gasteiger partial charge on any atom is 0.157 e. The number of hydrogen-bond donors (Lipinski definition) is 1. The van der Waals surface area contributed by atoms with Gasteiger partial charge >= 0.3 is 0 Å². The van der Waals surface area contributed by atoms with Gasteiger partial charge in [0.1, 0.15) is 0 Å². The smallest absolute Gasteiger partial charge is 0.157 e. The van der Waals surface area contributed by atoms with Crippen molar-refractivity contribution in [2.45, 2.75) is 26.4 Å².